The van der Waals surface area contributed by atoms with E-state index in [9.17, 15) is 61.5 Å². The lowest BCUT2D eigenvalue weighted by atomic mass is 9.83. The molecule has 4 N–H and O–H groups in total. The van der Waals surface area contributed by atoms with Crippen molar-refractivity contribution in [3.8, 4) is 0 Å². The number of aliphatic hydroxyl groups is 1. The standard InChI is InChI=1S/C33H39NO4.C33H37NO4.C31H41NO6S/c2*1-23(18-26-15-9-14-25-12-5-7-16-30(25)26)32(37)21-28(19-24-10-3-2-4-11-24)33(38)34-29(22-35)20-27-13-6-8-17-31(27)36;1-19(2)15-24(18-28(34)20(3)16-22-11-7-10-21-9-5-6-13-25(21)22)30(35)32-26(17-23-12-8-14-27(23)33)29-31(38-29)39(4,36)37/h2-5,7,9-12,14-16,23,27-29,35H,6,8,13,17-22H2,1H3,(H,34,38);2-5,7,9-12,14-16,22-23,27-29H,6,8,13,17-21H2,1H3,(H,34,38);5-7,9-11,13,19-20,23-24,26,29,31H,8,12,14-18H2,1-4H3,(H,32,35)/t2*23-,27-,28+,29-;20-,23-,24+,26-,29?,31?/m000/s1. The number of rotatable bonds is 37. The van der Waals surface area contributed by atoms with Crippen molar-refractivity contribution in [2.75, 3.05) is 12.9 Å². The molecule has 17 nitrogen and oxygen atoms in total. The van der Waals surface area contributed by atoms with Crippen LogP contribution in [-0.2, 0) is 94.6 Å². The van der Waals surface area contributed by atoms with Crippen LogP contribution in [0.1, 0.15) is 178 Å². The van der Waals surface area contributed by atoms with Crippen LogP contribution in [0, 0.1) is 59.2 Å². The van der Waals surface area contributed by atoms with E-state index >= 15 is 0 Å². The average Bonchev–Trinajstić information content (AvgIpc) is 1.62. The number of carbonyl (C=O) groups is 10. The maximum absolute atomic E-state index is 13.6. The van der Waals surface area contributed by atoms with Gasteiger partial charge >= 0.3 is 0 Å². The number of ether oxygens (including phenoxy) is 1. The second kappa shape index (κ2) is 42.9. The van der Waals surface area contributed by atoms with Crippen molar-refractivity contribution in [1.82, 2.24) is 16.0 Å². The minimum Gasteiger partial charge on any atom is -0.394 e. The Morgan fingerprint density at radius 3 is 1.22 bits per heavy atom. The van der Waals surface area contributed by atoms with Gasteiger partial charge < -0.3 is 30.6 Å². The van der Waals surface area contributed by atoms with Gasteiger partial charge in [-0.2, -0.15) is 0 Å². The van der Waals surface area contributed by atoms with E-state index in [-0.39, 0.29) is 120 Å². The first-order valence-corrected chi connectivity index (χ1v) is 43.7. The fourth-order valence-corrected chi connectivity index (χ4v) is 18.2. The maximum Gasteiger partial charge on any atom is 0.224 e. The predicted octanol–water partition coefficient (Wildman–Crippen LogP) is 15.8. The van der Waals surface area contributed by atoms with Crippen LogP contribution < -0.4 is 16.0 Å². The molecule has 1 saturated heterocycles. The van der Waals surface area contributed by atoms with Gasteiger partial charge in [-0.05, 0) is 162 Å². The Hall–Kier alpha value is -9.49. The van der Waals surface area contributed by atoms with Crippen molar-refractivity contribution in [3.63, 3.8) is 0 Å². The molecule has 18 heteroatoms. The lowest BCUT2D eigenvalue weighted by Gasteiger charge is -2.27. The number of carbonyl (C=O) groups excluding carboxylic acids is 10. The molecule has 3 aliphatic carbocycles. The lowest BCUT2D eigenvalue weighted by molar-refractivity contribution is -0.132. The minimum atomic E-state index is -3.43. The third-order valence-corrected chi connectivity index (χ3v) is 25.1. The zero-order valence-corrected chi connectivity index (χ0v) is 68.6. The Balaban J connectivity index is 0.000000182. The summed E-state index contributed by atoms with van der Waals surface area (Å²) in [7, 11) is -3.43. The molecule has 8 aromatic rings. The third-order valence-electron chi connectivity index (χ3n) is 23.9. The monoisotopic (exact) mass is 1580 g/mol. The number of aliphatic hydroxyl groups excluding tert-OH is 1. The van der Waals surface area contributed by atoms with E-state index in [1.807, 2.05) is 156 Å². The van der Waals surface area contributed by atoms with Gasteiger partial charge in [-0.25, -0.2) is 8.42 Å². The SMILES string of the molecule is CC(C)C[C@H](CC(=O)[C@@H](C)Cc1cccc2ccccc12)C(=O)N[C@@H](C[C@@H]1CCCC1=O)C1OC1S(C)(=O)=O.C[C@@H](Cc1cccc2ccccc12)C(=O)C[C@@H](Cc1ccccc1)C(=O)N[C@H](C=O)C[C@@H]1CCCCC1=O.C[C@@H](Cc1cccc2ccccc12)C(=O)C[C@@H](Cc1ccccc1)C(=O)N[C@H](CO)C[C@@H]1CCCCC1=O. The summed E-state index contributed by atoms with van der Waals surface area (Å²) >= 11 is 0. The third kappa shape index (κ3) is 26.0. The van der Waals surface area contributed by atoms with Crippen LogP contribution in [0.4, 0.5) is 0 Å². The number of hydrogen-bond acceptors (Lipinski definition) is 14. The molecule has 115 heavy (non-hydrogen) atoms. The fourth-order valence-electron chi connectivity index (χ4n) is 17.2. The van der Waals surface area contributed by atoms with Gasteiger partial charge in [-0.15, -0.1) is 0 Å². The number of hydrogen-bond donors (Lipinski definition) is 4. The van der Waals surface area contributed by atoms with E-state index in [0.717, 1.165) is 124 Å². The van der Waals surface area contributed by atoms with E-state index < -0.39 is 57.3 Å². The summed E-state index contributed by atoms with van der Waals surface area (Å²) in [5, 5.41) is 25.7. The zero-order valence-electron chi connectivity index (χ0n) is 67.8. The molecule has 4 aliphatic rings. The summed E-state index contributed by atoms with van der Waals surface area (Å²) in [6, 6.07) is 60.4. The van der Waals surface area contributed by atoms with E-state index in [1.54, 1.807) is 0 Å². The van der Waals surface area contributed by atoms with E-state index in [4.69, 9.17) is 4.74 Å². The van der Waals surface area contributed by atoms with Crippen LogP contribution in [0.2, 0.25) is 0 Å². The molecule has 0 bridgehead atoms. The van der Waals surface area contributed by atoms with Crippen LogP contribution in [0.25, 0.3) is 32.3 Å². The number of aldehydes is 1. The summed E-state index contributed by atoms with van der Waals surface area (Å²) in [5.41, 5.74) is 4.34. The molecule has 12 rings (SSSR count). The summed E-state index contributed by atoms with van der Waals surface area (Å²) < 4.78 is 29.6. The Morgan fingerprint density at radius 2 is 0.817 bits per heavy atom. The van der Waals surface area contributed by atoms with E-state index in [2.05, 4.69) is 82.7 Å². The molecule has 8 aromatic carbocycles. The van der Waals surface area contributed by atoms with Crippen LogP contribution in [0.15, 0.2) is 188 Å². The number of Topliss-reactive ketones (excluding diaryl/α,β-unsaturated/α-hetero) is 6. The van der Waals surface area contributed by atoms with Crippen molar-refractivity contribution >= 4 is 101 Å². The van der Waals surface area contributed by atoms with Crippen molar-refractivity contribution in [3.05, 3.63) is 216 Å². The molecule has 0 radical (unpaired) electrons. The Kier molecular flexibility index (Phi) is 32.8. The topological polar surface area (TPSA) is 274 Å². The highest BCUT2D eigenvalue weighted by Crippen LogP contribution is 2.37. The van der Waals surface area contributed by atoms with Crippen molar-refractivity contribution in [2.45, 2.75) is 212 Å². The van der Waals surface area contributed by atoms with Gasteiger partial charge in [0.1, 0.15) is 47.1 Å². The first-order chi connectivity index (χ1) is 55.3. The number of epoxide rings is 1. The minimum absolute atomic E-state index is 0.0270. The molecule has 4 fully saturated rings. The number of ketones is 6. The Bertz CT molecular complexity index is 4760. The number of amides is 3. The molecule has 1 aliphatic heterocycles. The number of nitrogens with one attached hydrogen (secondary N) is 3. The van der Waals surface area contributed by atoms with E-state index in [0.29, 0.717) is 77.0 Å². The average molecular weight is 1580 g/mol. The van der Waals surface area contributed by atoms with Gasteiger partial charge in [0.2, 0.25) is 17.7 Å². The first kappa shape index (κ1) is 87.9. The second-order valence-corrected chi connectivity index (χ2v) is 35.6. The normalized spacial score (nSPS) is 19.9. The largest absolute Gasteiger partial charge is 0.394 e. The zero-order chi connectivity index (χ0) is 82.1. The van der Waals surface area contributed by atoms with Gasteiger partial charge in [-0.3, -0.25) is 43.2 Å². The highest BCUT2D eigenvalue weighted by Gasteiger charge is 2.53. The lowest BCUT2D eigenvalue weighted by Crippen LogP contribution is -2.45. The molecule has 1 heterocycles. The van der Waals surface area contributed by atoms with Gasteiger partial charge in [-0.1, -0.05) is 236 Å². The summed E-state index contributed by atoms with van der Waals surface area (Å²) in [4.78, 5) is 129. The summed E-state index contributed by atoms with van der Waals surface area (Å²) in [6.45, 7) is 9.58. The van der Waals surface area contributed by atoms with Gasteiger partial charge in [0.05, 0.1) is 24.7 Å². The van der Waals surface area contributed by atoms with Crippen molar-refractivity contribution in [1.29, 1.82) is 0 Å². The molecule has 14 atom stereocenters. The molecule has 2 unspecified atom stereocenters. The Labute approximate surface area is 679 Å². The van der Waals surface area contributed by atoms with Crippen molar-refractivity contribution in [2.24, 2.45) is 59.2 Å². The van der Waals surface area contributed by atoms with Gasteiger partial charge in [0.15, 0.2) is 15.3 Å². The second-order valence-electron chi connectivity index (χ2n) is 33.5. The van der Waals surface area contributed by atoms with Crippen LogP contribution >= 0.6 is 0 Å². The van der Waals surface area contributed by atoms with Crippen LogP contribution in [0.3, 0.4) is 0 Å². The smallest absolute Gasteiger partial charge is 0.224 e. The molecule has 0 aromatic heterocycles. The molecular weight excluding hydrogens is 1460 g/mol. The molecule has 610 valence electrons. The first-order valence-electron chi connectivity index (χ1n) is 41.8. The molecule has 3 amide bonds. The van der Waals surface area contributed by atoms with Crippen LogP contribution in [0.5, 0.6) is 0 Å². The Morgan fingerprint density at radius 1 is 0.443 bits per heavy atom. The summed E-state index contributed by atoms with van der Waals surface area (Å²) in [6.07, 6.45) is 14.4. The van der Waals surface area contributed by atoms with Gasteiger partial charge in [0, 0.05) is 98.0 Å². The van der Waals surface area contributed by atoms with E-state index in [1.165, 1.54) is 0 Å². The predicted molar refractivity (Wildman–Crippen MR) is 452 cm³/mol. The quantitative estimate of drug-likeness (QED) is 0.0208. The maximum atomic E-state index is 13.6. The number of benzene rings is 8. The van der Waals surface area contributed by atoms with Crippen molar-refractivity contribution < 1.29 is 66.2 Å². The highest BCUT2D eigenvalue weighted by atomic mass is 32.2. The molecule has 3 saturated carbocycles. The van der Waals surface area contributed by atoms with Crippen LogP contribution in [-0.4, -0.2) is 115 Å². The highest BCUT2D eigenvalue weighted by molar-refractivity contribution is 7.91. The number of fused-ring (bicyclic) bond motifs is 3. The fraction of sp³-hybridized carbons (Fsp3) is 0.464. The molecule has 0 spiro atoms. The molecular formula is C97H117N3O14S. The van der Waals surface area contributed by atoms with Gasteiger partial charge in [0.25, 0.3) is 0 Å². The number of sulfone groups is 1. The summed E-state index contributed by atoms with van der Waals surface area (Å²) in [5.74, 6) is -2.88.